The molecule has 0 aliphatic rings. The molecule has 0 heterocycles. The molecule has 0 unspecified atom stereocenters. The van der Waals surface area contributed by atoms with E-state index >= 15 is 0 Å². The molecular weight excluding hydrogens is 304 g/mol. The zero-order valence-corrected chi connectivity index (χ0v) is 13.1. The molecule has 0 atom stereocenters. The van der Waals surface area contributed by atoms with Crippen molar-refractivity contribution in [1.82, 2.24) is 0 Å². The third-order valence-electron chi connectivity index (χ3n) is 2.78. The number of ether oxygens (including phenoxy) is 2. The number of nitrogens with one attached hydrogen (secondary N) is 1. The summed E-state index contributed by atoms with van der Waals surface area (Å²) in [6, 6.07) is 4.45. The summed E-state index contributed by atoms with van der Waals surface area (Å²) >= 11 is 0. The van der Waals surface area contributed by atoms with E-state index in [-0.39, 0.29) is 24.5 Å². The number of rotatable bonds is 7. The Balaban J connectivity index is 3.04. The zero-order valence-electron chi connectivity index (χ0n) is 13.1. The summed E-state index contributed by atoms with van der Waals surface area (Å²) in [5, 5.41) is 13.6. The molecule has 8 nitrogen and oxygen atoms in total. The highest BCUT2D eigenvalue weighted by Gasteiger charge is 2.21. The zero-order chi connectivity index (χ0) is 17.4. The van der Waals surface area contributed by atoms with E-state index in [2.05, 4.69) is 5.32 Å². The minimum Gasteiger partial charge on any atom is -0.462 e. The van der Waals surface area contributed by atoms with E-state index < -0.39 is 16.9 Å². The summed E-state index contributed by atoms with van der Waals surface area (Å²) in [5.74, 6) is -1.67. The largest absolute Gasteiger partial charge is 0.462 e. The van der Waals surface area contributed by atoms with Crippen molar-refractivity contribution >= 4 is 23.3 Å². The first kappa shape index (κ1) is 18.1. The number of anilines is 1. The molecule has 0 saturated heterocycles. The van der Waals surface area contributed by atoms with E-state index in [9.17, 15) is 19.7 Å². The SMILES string of the molecule is CCOC(=O)C(=CNc1ccc(C)c([N+](=O)[O-])c1)C(=O)OCC. The van der Waals surface area contributed by atoms with E-state index in [0.717, 1.165) is 6.20 Å². The fourth-order valence-corrected chi connectivity index (χ4v) is 1.67. The molecule has 1 aromatic rings. The Morgan fingerprint density at radius 3 is 2.26 bits per heavy atom. The van der Waals surface area contributed by atoms with Gasteiger partial charge in [0.05, 0.1) is 18.1 Å². The van der Waals surface area contributed by atoms with E-state index in [1.165, 1.54) is 6.07 Å². The molecule has 0 fully saturated rings. The van der Waals surface area contributed by atoms with Gasteiger partial charge in [-0.15, -0.1) is 0 Å². The van der Waals surface area contributed by atoms with Gasteiger partial charge in [-0.05, 0) is 26.8 Å². The van der Waals surface area contributed by atoms with E-state index in [1.54, 1.807) is 32.9 Å². The van der Waals surface area contributed by atoms with Crippen LogP contribution in [-0.4, -0.2) is 30.1 Å². The van der Waals surface area contributed by atoms with Crippen LogP contribution in [0.5, 0.6) is 0 Å². The lowest BCUT2D eigenvalue weighted by molar-refractivity contribution is -0.385. The highest BCUT2D eigenvalue weighted by molar-refractivity contribution is 6.14. The molecule has 0 radical (unpaired) electrons. The van der Waals surface area contributed by atoms with Gasteiger partial charge in [-0.25, -0.2) is 9.59 Å². The maximum atomic E-state index is 11.8. The molecule has 23 heavy (non-hydrogen) atoms. The number of esters is 2. The van der Waals surface area contributed by atoms with Gasteiger partial charge in [0.1, 0.15) is 0 Å². The van der Waals surface area contributed by atoms with Crippen LogP contribution in [0, 0.1) is 17.0 Å². The van der Waals surface area contributed by atoms with Crippen molar-refractivity contribution in [3.05, 3.63) is 45.6 Å². The number of hydrogen-bond donors (Lipinski definition) is 1. The molecule has 1 rings (SSSR count). The minimum atomic E-state index is -0.833. The highest BCUT2D eigenvalue weighted by atomic mass is 16.6. The van der Waals surface area contributed by atoms with Gasteiger partial charge in [0.2, 0.25) is 0 Å². The number of nitro groups is 1. The Labute approximate surface area is 133 Å². The van der Waals surface area contributed by atoms with Crippen LogP contribution < -0.4 is 5.32 Å². The van der Waals surface area contributed by atoms with Crippen molar-refractivity contribution in [2.24, 2.45) is 0 Å². The van der Waals surface area contributed by atoms with Gasteiger partial charge in [0.15, 0.2) is 5.57 Å². The van der Waals surface area contributed by atoms with Crippen LogP contribution in [0.3, 0.4) is 0 Å². The van der Waals surface area contributed by atoms with Crippen molar-refractivity contribution < 1.29 is 24.0 Å². The van der Waals surface area contributed by atoms with Crippen LogP contribution >= 0.6 is 0 Å². The van der Waals surface area contributed by atoms with E-state index in [0.29, 0.717) is 11.3 Å². The van der Waals surface area contributed by atoms with Gasteiger partial charge in [-0.1, -0.05) is 6.07 Å². The van der Waals surface area contributed by atoms with Gasteiger partial charge >= 0.3 is 11.9 Å². The Bertz CT molecular complexity index is 619. The Morgan fingerprint density at radius 2 is 1.78 bits per heavy atom. The average molecular weight is 322 g/mol. The van der Waals surface area contributed by atoms with Crippen LogP contribution in [0.1, 0.15) is 19.4 Å². The summed E-state index contributed by atoms with van der Waals surface area (Å²) in [6.07, 6.45) is 1.12. The molecule has 0 bridgehead atoms. The van der Waals surface area contributed by atoms with Crippen molar-refractivity contribution in [3.8, 4) is 0 Å². The Hall–Kier alpha value is -2.90. The van der Waals surface area contributed by atoms with Crippen molar-refractivity contribution in [3.63, 3.8) is 0 Å². The fourth-order valence-electron chi connectivity index (χ4n) is 1.67. The van der Waals surface area contributed by atoms with Crippen LogP contribution in [0.2, 0.25) is 0 Å². The van der Waals surface area contributed by atoms with E-state index in [4.69, 9.17) is 9.47 Å². The quantitative estimate of drug-likeness (QED) is 0.205. The minimum absolute atomic E-state index is 0.0720. The lowest BCUT2D eigenvalue weighted by Crippen LogP contribution is -2.19. The number of aryl methyl sites for hydroxylation is 1. The molecule has 0 aliphatic heterocycles. The van der Waals surface area contributed by atoms with Crippen LogP contribution in [0.25, 0.3) is 0 Å². The fraction of sp³-hybridized carbons (Fsp3) is 0.333. The highest BCUT2D eigenvalue weighted by Crippen LogP contribution is 2.22. The average Bonchev–Trinajstić information content (AvgIpc) is 2.49. The predicted octanol–water partition coefficient (Wildman–Crippen LogP) is 2.33. The smallest absolute Gasteiger partial charge is 0.347 e. The van der Waals surface area contributed by atoms with Crippen molar-refractivity contribution in [2.45, 2.75) is 20.8 Å². The Morgan fingerprint density at radius 1 is 1.22 bits per heavy atom. The maximum absolute atomic E-state index is 11.8. The van der Waals surface area contributed by atoms with Crippen molar-refractivity contribution in [2.75, 3.05) is 18.5 Å². The summed E-state index contributed by atoms with van der Waals surface area (Å²) in [6.45, 7) is 5.03. The first-order chi connectivity index (χ1) is 10.9. The van der Waals surface area contributed by atoms with Crippen LogP contribution in [-0.2, 0) is 19.1 Å². The van der Waals surface area contributed by atoms with Gasteiger partial charge in [-0.2, -0.15) is 0 Å². The topological polar surface area (TPSA) is 108 Å². The number of nitro benzene ring substituents is 1. The third-order valence-corrected chi connectivity index (χ3v) is 2.78. The van der Waals surface area contributed by atoms with E-state index in [1.807, 2.05) is 0 Å². The van der Waals surface area contributed by atoms with Crippen LogP contribution in [0.15, 0.2) is 30.0 Å². The number of hydrogen-bond acceptors (Lipinski definition) is 7. The molecule has 8 heteroatoms. The number of nitrogens with zero attached hydrogens (tertiary/aromatic N) is 1. The third kappa shape index (κ3) is 5.10. The second-order valence-corrected chi connectivity index (χ2v) is 4.40. The molecule has 1 aromatic carbocycles. The molecular formula is C15H18N2O6. The maximum Gasteiger partial charge on any atom is 0.347 e. The van der Waals surface area contributed by atoms with Crippen molar-refractivity contribution in [1.29, 1.82) is 0 Å². The summed E-state index contributed by atoms with van der Waals surface area (Å²) in [5.41, 5.74) is 0.461. The molecule has 0 aliphatic carbocycles. The van der Waals surface area contributed by atoms with Gasteiger partial charge in [0, 0.05) is 23.5 Å². The van der Waals surface area contributed by atoms with Gasteiger partial charge in [-0.3, -0.25) is 10.1 Å². The monoisotopic (exact) mass is 322 g/mol. The molecule has 0 amide bonds. The summed E-state index contributed by atoms with van der Waals surface area (Å²) in [7, 11) is 0. The van der Waals surface area contributed by atoms with Gasteiger partial charge < -0.3 is 14.8 Å². The standard InChI is InChI=1S/C15H18N2O6/c1-4-22-14(18)12(15(19)23-5-2)9-16-11-7-6-10(3)13(8-11)17(20)21/h6-9,16H,4-5H2,1-3H3. The van der Waals surface area contributed by atoms with Gasteiger partial charge in [0.25, 0.3) is 5.69 Å². The number of benzene rings is 1. The second kappa shape index (κ2) is 8.52. The molecule has 0 aromatic heterocycles. The lowest BCUT2D eigenvalue weighted by Gasteiger charge is -2.08. The Kier molecular flexibility index (Phi) is 6.72. The number of carbonyl (C=O) groups excluding carboxylic acids is 2. The molecule has 1 N–H and O–H groups in total. The lowest BCUT2D eigenvalue weighted by atomic mass is 10.2. The number of carbonyl (C=O) groups is 2. The summed E-state index contributed by atoms with van der Waals surface area (Å²) in [4.78, 5) is 33.9. The first-order valence-electron chi connectivity index (χ1n) is 6.96. The first-order valence-corrected chi connectivity index (χ1v) is 6.96. The second-order valence-electron chi connectivity index (χ2n) is 4.40. The molecule has 0 spiro atoms. The molecule has 124 valence electrons. The van der Waals surface area contributed by atoms with Crippen LogP contribution in [0.4, 0.5) is 11.4 Å². The normalized spacial score (nSPS) is 9.70. The molecule has 0 saturated carbocycles. The summed E-state index contributed by atoms with van der Waals surface area (Å²) < 4.78 is 9.57. The predicted molar refractivity (Wildman–Crippen MR) is 82.8 cm³/mol.